The second-order valence-corrected chi connectivity index (χ2v) is 6.95. The lowest BCUT2D eigenvalue weighted by Gasteiger charge is -2.17. The number of hydrogen-bond acceptors (Lipinski definition) is 4. The number of fused-ring (bicyclic) bond motifs is 1. The summed E-state index contributed by atoms with van der Waals surface area (Å²) in [6, 6.07) is 6.04. The number of guanidine groups is 1. The lowest BCUT2D eigenvalue weighted by molar-refractivity contribution is 0.223. The first-order chi connectivity index (χ1) is 13.7. The van der Waals surface area contributed by atoms with Crippen molar-refractivity contribution in [2.75, 3.05) is 13.1 Å². The Hall–Kier alpha value is -1.91. The molecule has 1 aromatic carbocycles. The van der Waals surface area contributed by atoms with Crippen LogP contribution in [0.15, 0.2) is 29.3 Å². The molecule has 3 rings (SSSR count). The van der Waals surface area contributed by atoms with Crippen LogP contribution in [0.5, 0.6) is 5.75 Å². The van der Waals surface area contributed by atoms with Crippen LogP contribution in [0.3, 0.4) is 0 Å². The molecular formula is C20H30FIN6O. The van der Waals surface area contributed by atoms with E-state index < -0.39 is 0 Å². The minimum absolute atomic E-state index is 0. The highest BCUT2D eigenvalue weighted by atomic mass is 127. The zero-order valence-corrected chi connectivity index (χ0v) is 19.4. The molecule has 1 aliphatic heterocycles. The van der Waals surface area contributed by atoms with Crippen LogP contribution >= 0.6 is 24.0 Å². The first-order valence-electron chi connectivity index (χ1n) is 10.0. The zero-order chi connectivity index (χ0) is 19.8. The van der Waals surface area contributed by atoms with Crippen molar-refractivity contribution < 1.29 is 9.13 Å². The van der Waals surface area contributed by atoms with Crippen molar-refractivity contribution in [1.82, 2.24) is 25.4 Å². The normalized spacial score (nSPS) is 14.9. The Bertz CT molecular complexity index is 780. The third kappa shape index (κ3) is 7.13. The topological polar surface area (TPSA) is 76.4 Å². The summed E-state index contributed by atoms with van der Waals surface area (Å²) >= 11 is 0. The Labute approximate surface area is 188 Å². The van der Waals surface area contributed by atoms with Gasteiger partial charge in [0.15, 0.2) is 11.8 Å². The maximum absolute atomic E-state index is 13.0. The van der Waals surface area contributed by atoms with E-state index in [1.165, 1.54) is 25.0 Å². The molecule has 29 heavy (non-hydrogen) atoms. The average Bonchev–Trinajstić information content (AvgIpc) is 2.92. The summed E-state index contributed by atoms with van der Waals surface area (Å²) in [7, 11) is 0. The molecule has 7 nitrogen and oxygen atoms in total. The van der Waals surface area contributed by atoms with E-state index in [1.54, 1.807) is 12.1 Å². The molecule has 0 saturated heterocycles. The molecule has 1 unspecified atom stereocenters. The van der Waals surface area contributed by atoms with Gasteiger partial charge in [0, 0.05) is 19.5 Å². The van der Waals surface area contributed by atoms with Crippen LogP contribution < -0.4 is 15.4 Å². The smallest absolute Gasteiger partial charge is 0.191 e. The van der Waals surface area contributed by atoms with Gasteiger partial charge in [-0.05, 0) is 51.0 Å². The van der Waals surface area contributed by atoms with Gasteiger partial charge >= 0.3 is 0 Å². The molecule has 160 valence electrons. The van der Waals surface area contributed by atoms with Gasteiger partial charge in [0.1, 0.15) is 30.0 Å². The second-order valence-electron chi connectivity index (χ2n) is 6.95. The number of ether oxygens (including phenoxy) is 1. The summed E-state index contributed by atoms with van der Waals surface area (Å²) in [5.41, 5.74) is 0. The van der Waals surface area contributed by atoms with Crippen LogP contribution in [-0.2, 0) is 19.5 Å². The fourth-order valence-electron chi connectivity index (χ4n) is 3.18. The zero-order valence-electron chi connectivity index (χ0n) is 17.0. The Balaban J connectivity index is 0.00000300. The van der Waals surface area contributed by atoms with E-state index in [2.05, 4.69) is 30.4 Å². The van der Waals surface area contributed by atoms with Gasteiger partial charge in [0.25, 0.3) is 0 Å². The fourth-order valence-corrected chi connectivity index (χ4v) is 3.18. The molecule has 2 heterocycles. The molecule has 0 saturated carbocycles. The number of nitrogens with zero attached hydrogens (tertiary/aromatic N) is 4. The first kappa shape index (κ1) is 23.4. The van der Waals surface area contributed by atoms with Crippen molar-refractivity contribution in [2.45, 2.75) is 58.7 Å². The molecule has 0 bridgehead atoms. The summed E-state index contributed by atoms with van der Waals surface area (Å²) < 4.78 is 21.0. The molecule has 1 aromatic heterocycles. The van der Waals surface area contributed by atoms with Gasteiger partial charge in [-0.25, -0.2) is 9.38 Å². The van der Waals surface area contributed by atoms with E-state index in [-0.39, 0.29) is 35.9 Å². The summed E-state index contributed by atoms with van der Waals surface area (Å²) in [6.45, 7) is 6.77. The Morgan fingerprint density at radius 3 is 2.76 bits per heavy atom. The van der Waals surface area contributed by atoms with Crippen molar-refractivity contribution in [3.63, 3.8) is 0 Å². The maximum atomic E-state index is 13.0. The molecule has 1 aliphatic rings. The number of rotatable bonds is 7. The van der Waals surface area contributed by atoms with Gasteiger partial charge in [-0.1, -0.05) is 6.42 Å². The predicted molar refractivity (Wildman–Crippen MR) is 122 cm³/mol. The number of aliphatic imine (C=N–C) groups is 1. The van der Waals surface area contributed by atoms with E-state index in [9.17, 15) is 4.39 Å². The molecule has 9 heteroatoms. The highest BCUT2D eigenvalue weighted by molar-refractivity contribution is 14.0. The van der Waals surface area contributed by atoms with Gasteiger partial charge in [-0.2, -0.15) is 0 Å². The Morgan fingerprint density at radius 2 is 2.00 bits per heavy atom. The number of nitrogens with one attached hydrogen (secondary N) is 2. The first-order valence-corrected chi connectivity index (χ1v) is 10.0. The van der Waals surface area contributed by atoms with Crippen molar-refractivity contribution in [3.05, 3.63) is 41.7 Å². The monoisotopic (exact) mass is 516 g/mol. The highest BCUT2D eigenvalue weighted by Gasteiger charge is 2.14. The van der Waals surface area contributed by atoms with Crippen molar-refractivity contribution in [3.8, 4) is 5.75 Å². The number of hydrogen-bond donors (Lipinski definition) is 2. The van der Waals surface area contributed by atoms with Crippen LogP contribution in [0, 0.1) is 5.82 Å². The maximum Gasteiger partial charge on any atom is 0.191 e. The van der Waals surface area contributed by atoms with Gasteiger partial charge < -0.3 is 19.9 Å². The number of aryl methyl sites for hydroxylation is 1. The van der Waals surface area contributed by atoms with Crippen molar-refractivity contribution in [2.24, 2.45) is 4.99 Å². The lowest BCUT2D eigenvalue weighted by atomic mass is 10.2. The fraction of sp³-hybridized carbons (Fsp3) is 0.550. The van der Waals surface area contributed by atoms with E-state index >= 15 is 0 Å². The highest BCUT2D eigenvalue weighted by Crippen LogP contribution is 2.15. The molecule has 0 amide bonds. The average molecular weight is 516 g/mol. The molecule has 2 aromatic rings. The third-order valence-corrected chi connectivity index (χ3v) is 4.62. The Kier molecular flexibility index (Phi) is 9.62. The number of aromatic nitrogens is 3. The minimum Gasteiger partial charge on any atom is -0.489 e. The standard InChI is InChI=1S/C20H29FN6O.HI/c1-3-22-20(23-13-15(2)28-17-10-8-16(21)9-11-17)24-14-19-26-25-18-7-5-4-6-12-27(18)19;/h8-11,15H,3-7,12-14H2,1-2H3,(H2,22,23,24);1H. The predicted octanol–water partition coefficient (Wildman–Crippen LogP) is 3.28. The summed E-state index contributed by atoms with van der Waals surface area (Å²) in [5, 5.41) is 15.2. The van der Waals surface area contributed by atoms with Gasteiger partial charge in [-0.3, -0.25) is 0 Å². The van der Waals surface area contributed by atoms with Gasteiger partial charge in [0.2, 0.25) is 0 Å². The number of halogens is 2. The van der Waals surface area contributed by atoms with Crippen molar-refractivity contribution in [1.29, 1.82) is 0 Å². The number of benzene rings is 1. The van der Waals surface area contributed by atoms with Gasteiger partial charge in [0.05, 0.1) is 6.54 Å². The summed E-state index contributed by atoms with van der Waals surface area (Å²) in [5.74, 6) is 3.06. The third-order valence-electron chi connectivity index (χ3n) is 4.62. The molecule has 0 radical (unpaired) electrons. The molecule has 1 atom stereocenters. The largest absolute Gasteiger partial charge is 0.489 e. The van der Waals surface area contributed by atoms with Crippen LogP contribution in [0.2, 0.25) is 0 Å². The van der Waals surface area contributed by atoms with E-state index in [0.29, 0.717) is 24.8 Å². The molecular weight excluding hydrogens is 486 g/mol. The van der Waals surface area contributed by atoms with Crippen LogP contribution in [0.4, 0.5) is 4.39 Å². The van der Waals surface area contributed by atoms with E-state index in [1.807, 2.05) is 13.8 Å². The molecule has 2 N–H and O–H groups in total. The van der Waals surface area contributed by atoms with E-state index in [0.717, 1.165) is 37.6 Å². The Morgan fingerprint density at radius 1 is 1.21 bits per heavy atom. The summed E-state index contributed by atoms with van der Waals surface area (Å²) in [4.78, 5) is 4.65. The van der Waals surface area contributed by atoms with Crippen LogP contribution in [-0.4, -0.2) is 39.9 Å². The lowest BCUT2D eigenvalue weighted by Crippen LogP contribution is -2.41. The van der Waals surface area contributed by atoms with Crippen LogP contribution in [0.1, 0.15) is 44.8 Å². The van der Waals surface area contributed by atoms with Gasteiger partial charge in [-0.15, -0.1) is 34.2 Å². The summed E-state index contributed by atoms with van der Waals surface area (Å²) in [6.07, 6.45) is 4.48. The van der Waals surface area contributed by atoms with Crippen molar-refractivity contribution >= 4 is 29.9 Å². The molecule has 0 fully saturated rings. The second kappa shape index (κ2) is 11.9. The van der Waals surface area contributed by atoms with E-state index in [4.69, 9.17) is 4.74 Å². The molecule has 0 aliphatic carbocycles. The quantitative estimate of drug-likeness (QED) is 0.336. The molecule has 0 spiro atoms. The van der Waals surface area contributed by atoms with Crippen LogP contribution in [0.25, 0.3) is 0 Å². The SMILES string of the molecule is CCNC(=NCc1nnc2n1CCCCC2)NCC(C)Oc1ccc(F)cc1.I. The minimum atomic E-state index is -0.272.